The van der Waals surface area contributed by atoms with Crippen LogP contribution in [0, 0.1) is 5.92 Å². The summed E-state index contributed by atoms with van der Waals surface area (Å²) in [5.41, 5.74) is 0. The van der Waals surface area contributed by atoms with E-state index in [2.05, 4.69) is 24.5 Å². The molecule has 0 bridgehead atoms. The maximum atomic E-state index is 11.9. The molecule has 106 valence electrons. The van der Waals surface area contributed by atoms with Crippen LogP contribution in [0.5, 0.6) is 0 Å². The lowest BCUT2D eigenvalue weighted by Gasteiger charge is -2.30. The van der Waals surface area contributed by atoms with Gasteiger partial charge in [-0.2, -0.15) is 0 Å². The average Bonchev–Trinajstić information content (AvgIpc) is 2.39. The van der Waals surface area contributed by atoms with E-state index in [0.29, 0.717) is 6.04 Å². The molecule has 3 heteroatoms. The van der Waals surface area contributed by atoms with Gasteiger partial charge in [0.25, 0.3) is 0 Å². The van der Waals surface area contributed by atoms with E-state index in [9.17, 15) is 4.79 Å². The van der Waals surface area contributed by atoms with Gasteiger partial charge in [-0.05, 0) is 39.0 Å². The number of carbonyl (C=O) groups is 1. The topological polar surface area (TPSA) is 41.1 Å². The molecular weight excluding hydrogens is 224 g/mol. The molecule has 18 heavy (non-hydrogen) atoms. The lowest BCUT2D eigenvalue weighted by Crippen LogP contribution is -2.48. The number of unbranched alkanes of at least 4 members (excludes halogenated alkanes) is 1. The van der Waals surface area contributed by atoms with Gasteiger partial charge in [0, 0.05) is 12.6 Å². The summed E-state index contributed by atoms with van der Waals surface area (Å²) in [4.78, 5) is 11.9. The van der Waals surface area contributed by atoms with E-state index in [1.54, 1.807) is 0 Å². The van der Waals surface area contributed by atoms with Crippen molar-refractivity contribution in [1.29, 1.82) is 0 Å². The summed E-state index contributed by atoms with van der Waals surface area (Å²) in [6.45, 7) is 7.14. The predicted octanol–water partition coefficient (Wildman–Crippen LogP) is 2.85. The van der Waals surface area contributed by atoms with Gasteiger partial charge in [0.05, 0.1) is 6.04 Å². The fourth-order valence-electron chi connectivity index (χ4n) is 2.78. The summed E-state index contributed by atoms with van der Waals surface area (Å²) in [5, 5.41) is 6.45. The molecule has 1 aliphatic rings. The molecule has 1 aliphatic carbocycles. The van der Waals surface area contributed by atoms with Crippen LogP contribution in [0.15, 0.2) is 0 Å². The molecule has 2 N–H and O–H groups in total. The summed E-state index contributed by atoms with van der Waals surface area (Å²) in [6.07, 6.45) is 8.92. The Labute approximate surface area is 112 Å². The van der Waals surface area contributed by atoms with Crippen molar-refractivity contribution in [2.75, 3.05) is 6.54 Å². The summed E-state index contributed by atoms with van der Waals surface area (Å²) >= 11 is 0. The average molecular weight is 254 g/mol. The number of rotatable bonds is 7. The normalized spacial score (nSPS) is 20.4. The highest BCUT2D eigenvalue weighted by Crippen LogP contribution is 2.26. The number of hydrogen-bond donors (Lipinski definition) is 2. The lowest BCUT2D eigenvalue weighted by atomic mass is 9.84. The van der Waals surface area contributed by atoms with Gasteiger partial charge in [-0.25, -0.2) is 0 Å². The van der Waals surface area contributed by atoms with E-state index in [-0.39, 0.29) is 11.9 Å². The fourth-order valence-corrected chi connectivity index (χ4v) is 2.78. The van der Waals surface area contributed by atoms with E-state index >= 15 is 0 Å². The van der Waals surface area contributed by atoms with Crippen LogP contribution in [-0.4, -0.2) is 24.5 Å². The highest BCUT2D eigenvalue weighted by atomic mass is 16.2. The summed E-state index contributed by atoms with van der Waals surface area (Å²) < 4.78 is 0. The first-order chi connectivity index (χ1) is 8.65. The fraction of sp³-hybridized carbons (Fsp3) is 0.933. The van der Waals surface area contributed by atoms with Crippen LogP contribution >= 0.6 is 0 Å². The molecule has 0 radical (unpaired) electrons. The Morgan fingerprint density at radius 3 is 2.50 bits per heavy atom. The van der Waals surface area contributed by atoms with Gasteiger partial charge in [0.15, 0.2) is 0 Å². The second-order valence-electron chi connectivity index (χ2n) is 5.72. The predicted molar refractivity (Wildman–Crippen MR) is 76.6 cm³/mol. The Balaban J connectivity index is 2.24. The molecule has 0 saturated heterocycles. The third-order valence-corrected chi connectivity index (χ3v) is 4.09. The molecule has 1 fully saturated rings. The third kappa shape index (κ3) is 5.38. The monoisotopic (exact) mass is 254 g/mol. The van der Waals surface area contributed by atoms with E-state index in [1.165, 1.54) is 32.1 Å². The molecule has 0 aliphatic heterocycles. The van der Waals surface area contributed by atoms with Crippen LogP contribution in [0.1, 0.15) is 65.7 Å². The van der Waals surface area contributed by atoms with E-state index in [4.69, 9.17) is 0 Å². The second kappa shape index (κ2) is 8.52. The van der Waals surface area contributed by atoms with Gasteiger partial charge in [-0.1, -0.05) is 32.6 Å². The Morgan fingerprint density at radius 2 is 1.89 bits per heavy atom. The van der Waals surface area contributed by atoms with E-state index in [0.717, 1.165) is 25.3 Å². The number of carbonyl (C=O) groups excluding carboxylic acids is 1. The molecule has 2 atom stereocenters. The maximum Gasteiger partial charge on any atom is 0.236 e. The maximum absolute atomic E-state index is 11.9. The van der Waals surface area contributed by atoms with Crippen molar-refractivity contribution in [2.45, 2.75) is 77.8 Å². The molecule has 1 rings (SSSR count). The molecule has 1 amide bonds. The van der Waals surface area contributed by atoms with Crippen LogP contribution in [0.3, 0.4) is 0 Å². The van der Waals surface area contributed by atoms with Crippen LogP contribution in [0.2, 0.25) is 0 Å². The van der Waals surface area contributed by atoms with Crippen molar-refractivity contribution in [1.82, 2.24) is 10.6 Å². The minimum atomic E-state index is -0.0706. The summed E-state index contributed by atoms with van der Waals surface area (Å²) in [6, 6.07) is 0.385. The first-order valence-electron chi connectivity index (χ1n) is 7.69. The van der Waals surface area contributed by atoms with Crippen molar-refractivity contribution in [3.8, 4) is 0 Å². The SMILES string of the molecule is CCCCNC(=O)C(C)N[C@@H](C)C1CCCCC1. The summed E-state index contributed by atoms with van der Waals surface area (Å²) in [5.74, 6) is 0.899. The van der Waals surface area contributed by atoms with Gasteiger partial charge in [0.2, 0.25) is 5.91 Å². The Morgan fingerprint density at radius 1 is 1.22 bits per heavy atom. The van der Waals surface area contributed by atoms with Gasteiger partial charge in [-0.3, -0.25) is 4.79 Å². The van der Waals surface area contributed by atoms with Crippen LogP contribution in [0.4, 0.5) is 0 Å². The highest BCUT2D eigenvalue weighted by molar-refractivity contribution is 5.81. The molecule has 0 heterocycles. The number of nitrogens with one attached hydrogen (secondary N) is 2. The molecule has 0 aromatic heterocycles. The standard InChI is InChI=1S/C15H30N2O/c1-4-5-11-16-15(18)13(3)17-12(2)14-9-7-6-8-10-14/h12-14,17H,4-11H2,1-3H3,(H,16,18)/t12-,13?/m0/s1. The first-order valence-corrected chi connectivity index (χ1v) is 7.69. The zero-order valence-electron chi connectivity index (χ0n) is 12.3. The molecule has 0 aromatic rings. The minimum Gasteiger partial charge on any atom is -0.355 e. The first kappa shape index (κ1) is 15.5. The van der Waals surface area contributed by atoms with E-state index in [1.807, 2.05) is 6.92 Å². The Kier molecular flexibility index (Phi) is 7.33. The third-order valence-electron chi connectivity index (χ3n) is 4.09. The van der Waals surface area contributed by atoms with Crippen LogP contribution in [-0.2, 0) is 4.79 Å². The van der Waals surface area contributed by atoms with Crippen LogP contribution < -0.4 is 10.6 Å². The van der Waals surface area contributed by atoms with Gasteiger partial charge >= 0.3 is 0 Å². The molecule has 3 nitrogen and oxygen atoms in total. The molecular formula is C15H30N2O. The number of amides is 1. The molecule has 1 unspecified atom stereocenters. The number of hydrogen-bond acceptors (Lipinski definition) is 2. The largest absolute Gasteiger partial charge is 0.355 e. The Bertz CT molecular complexity index is 237. The quantitative estimate of drug-likeness (QED) is 0.686. The van der Waals surface area contributed by atoms with Crippen molar-refractivity contribution in [3.63, 3.8) is 0 Å². The van der Waals surface area contributed by atoms with Gasteiger partial charge in [0.1, 0.15) is 0 Å². The van der Waals surface area contributed by atoms with Gasteiger partial charge in [-0.15, -0.1) is 0 Å². The summed E-state index contributed by atoms with van der Waals surface area (Å²) in [7, 11) is 0. The lowest BCUT2D eigenvalue weighted by molar-refractivity contribution is -0.123. The van der Waals surface area contributed by atoms with Gasteiger partial charge < -0.3 is 10.6 Å². The van der Waals surface area contributed by atoms with Crippen molar-refractivity contribution in [2.24, 2.45) is 5.92 Å². The minimum absolute atomic E-state index is 0.0706. The molecule has 0 aromatic carbocycles. The van der Waals surface area contributed by atoms with Crippen LogP contribution in [0.25, 0.3) is 0 Å². The molecule has 1 saturated carbocycles. The zero-order valence-corrected chi connectivity index (χ0v) is 12.3. The van der Waals surface area contributed by atoms with Crippen molar-refractivity contribution < 1.29 is 4.79 Å². The Hall–Kier alpha value is -0.570. The highest BCUT2D eigenvalue weighted by Gasteiger charge is 2.23. The van der Waals surface area contributed by atoms with Crippen molar-refractivity contribution >= 4 is 5.91 Å². The second-order valence-corrected chi connectivity index (χ2v) is 5.72. The molecule has 0 spiro atoms. The smallest absolute Gasteiger partial charge is 0.236 e. The zero-order chi connectivity index (χ0) is 13.4. The van der Waals surface area contributed by atoms with E-state index < -0.39 is 0 Å². The van der Waals surface area contributed by atoms with Crippen molar-refractivity contribution in [3.05, 3.63) is 0 Å².